The number of aliphatic hydroxyl groups is 1. The van der Waals surface area contributed by atoms with Crippen LogP contribution in [0.3, 0.4) is 0 Å². The summed E-state index contributed by atoms with van der Waals surface area (Å²) in [6, 6.07) is 4.23. The number of amides is 1. The van der Waals surface area contributed by atoms with Crippen LogP contribution in [0.1, 0.15) is 44.9 Å². The van der Waals surface area contributed by atoms with Crippen LogP contribution in [0.4, 0.5) is 5.82 Å². The van der Waals surface area contributed by atoms with E-state index in [9.17, 15) is 9.90 Å². The van der Waals surface area contributed by atoms with Crippen molar-refractivity contribution in [3.05, 3.63) is 23.4 Å². The van der Waals surface area contributed by atoms with Gasteiger partial charge in [-0.05, 0) is 56.6 Å². The number of carbonyl (C=O) groups excluding carboxylic acids is 1. The third kappa shape index (κ3) is 3.49. The maximum Gasteiger partial charge on any atom is 0.223 e. The highest BCUT2D eigenvalue weighted by Crippen LogP contribution is 2.37. The molecule has 0 aliphatic carbocycles. The normalized spacial score (nSPS) is 32.1. The first-order chi connectivity index (χ1) is 12.1. The number of anilines is 1. The van der Waals surface area contributed by atoms with Crippen LogP contribution in [-0.2, 0) is 4.79 Å². The van der Waals surface area contributed by atoms with Crippen LogP contribution >= 0.6 is 11.6 Å². The molecule has 3 fully saturated rings. The Hall–Kier alpha value is -1.33. The van der Waals surface area contributed by atoms with Crippen LogP contribution in [-0.4, -0.2) is 52.2 Å². The van der Waals surface area contributed by atoms with E-state index in [1.807, 2.05) is 12.1 Å². The van der Waals surface area contributed by atoms with Crippen molar-refractivity contribution >= 4 is 23.3 Å². The first-order valence-corrected chi connectivity index (χ1v) is 9.84. The minimum absolute atomic E-state index is 0.224. The molecule has 3 saturated heterocycles. The molecular formula is C19H26ClN3O2. The van der Waals surface area contributed by atoms with Crippen LogP contribution in [0, 0.1) is 5.92 Å². The second kappa shape index (κ2) is 7.12. The highest BCUT2D eigenvalue weighted by Gasteiger charge is 2.43. The van der Waals surface area contributed by atoms with Crippen molar-refractivity contribution in [1.29, 1.82) is 0 Å². The molecule has 0 spiro atoms. The molecule has 1 N–H and O–H groups in total. The molecule has 1 aromatic rings. The predicted molar refractivity (Wildman–Crippen MR) is 97.7 cm³/mol. The summed E-state index contributed by atoms with van der Waals surface area (Å²) in [6.45, 7) is 1.79. The fraction of sp³-hybridized carbons (Fsp3) is 0.684. The highest BCUT2D eigenvalue weighted by molar-refractivity contribution is 6.32. The summed E-state index contributed by atoms with van der Waals surface area (Å²) in [5.41, 5.74) is 0. The number of pyridine rings is 1. The lowest BCUT2D eigenvalue weighted by Gasteiger charge is -2.39. The molecule has 3 unspecified atom stereocenters. The van der Waals surface area contributed by atoms with Gasteiger partial charge >= 0.3 is 0 Å². The number of rotatable bonds is 3. The van der Waals surface area contributed by atoms with Gasteiger partial charge in [-0.15, -0.1) is 0 Å². The molecular weight excluding hydrogens is 338 g/mol. The standard InChI is InChI=1S/C19H26ClN3O2/c20-17-4-1-7-21-19(17)22-8-2-3-13(12-22)9-18(25)23-14-5-6-15(23)11-16(24)10-14/h1,4,7,13-16,24H,2-3,5-6,8-12H2. The van der Waals surface area contributed by atoms with E-state index in [-0.39, 0.29) is 24.1 Å². The number of fused-ring (bicyclic) bond motifs is 2. The van der Waals surface area contributed by atoms with Crippen molar-refractivity contribution < 1.29 is 9.90 Å². The predicted octanol–water partition coefficient (Wildman–Crippen LogP) is 2.86. The Morgan fingerprint density at radius 2 is 2.04 bits per heavy atom. The van der Waals surface area contributed by atoms with Crippen LogP contribution < -0.4 is 4.90 Å². The summed E-state index contributed by atoms with van der Waals surface area (Å²) >= 11 is 6.29. The minimum atomic E-state index is -0.224. The Labute approximate surface area is 154 Å². The second-order valence-electron chi connectivity index (χ2n) is 7.78. The number of aliphatic hydroxyl groups excluding tert-OH is 1. The first-order valence-electron chi connectivity index (χ1n) is 9.46. The Morgan fingerprint density at radius 1 is 1.28 bits per heavy atom. The molecule has 6 heteroatoms. The van der Waals surface area contributed by atoms with E-state index < -0.39 is 0 Å². The van der Waals surface area contributed by atoms with Gasteiger partial charge in [0, 0.05) is 37.8 Å². The summed E-state index contributed by atoms with van der Waals surface area (Å²) in [5, 5.41) is 10.6. The maximum absolute atomic E-state index is 12.9. The van der Waals surface area contributed by atoms with Crippen molar-refractivity contribution in [1.82, 2.24) is 9.88 Å². The van der Waals surface area contributed by atoms with Crippen LogP contribution in [0.5, 0.6) is 0 Å². The van der Waals surface area contributed by atoms with Gasteiger partial charge in [0.1, 0.15) is 5.82 Å². The summed E-state index contributed by atoms with van der Waals surface area (Å²) in [7, 11) is 0. The Bertz CT molecular complexity index is 627. The third-order valence-corrected chi connectivity index (χ3v) is 6.31. The fourth-order valence-corrected chi connectivity index (χ4v) is 5.18. The zero-order valence-corrected chi connectivity index (χ0v) is 15.2. The SMILES string of the molecule is O=C(CC1CCCN(c2ncccc2Cl)C1)N1C2CCC1CC(O)C2. The Balaban J connectivity index is 1.39. The number of nitrogens with zero attached hydrogens (tertiary/aromatic N) is 3. The second-order valence-corrected chi connectivity index (χ2v) is 8.19. The third-order valence-electron chi connectivity index (χ3n) is 6.02. The Kier molecular flexibility index (Phi) is 4.87. The van der Waals surface area contributed by atoms with Gasteiger partial charge in [-0.1, -0.05) is 11.6 Å². The van der Waals surface area contributed by atoms with Gasteiger partial charge in [-0.2, -0.15) is 0 Å². The van der Waals surface area contributed by atoms with Gasteiger partial charge in [0.15, 0.2) is 0 Å². The highest BCUT2D eigenvalue weighted by atomic mass is 35.5. The van der Waals surface area contributed by atoms with Gasteiger partial charge in [0.2, 0.25) is 5.91 Å². The maximum atomic E-state index is 12.9. The van der Waals surface area contributed by atoms with Gasteiger partial charge in [-0.25, -0.2) is 4.98 Å². The average molecular weight is 364 g/mol. The van der Waals surface area contributed by atoms with Gasteiger partial charge in [0.05, 0.1) is 11.1 Å². The van der Waals surface area contributed by atoms with E-state index in [0.29, 0.717) is 17.4 Å². The number of halogens is 1. The molecule has 136 valence electrons. The summed E-state index contributed by atoms with van der Waals surface area (Å²) < 4.78 is 0. The molecule has 0 saturated carbocycles. The Morgan fingerprint density at radius 3 is 2.76 bits per heavy atom. The monoisotopic (exact) mass is 363 g/mol. The number of aromatic nitrogens is 1. The topological polar surface area (TPSA) is 56.7 Å². The lowest BCUT2D eigenvalue weighted by atomic mass is 9.92. The smallest absolute Gasteiger partial charge is 0.223 e. The zero-order chi connectivity index (χ0) is 17.4. The molecule has 5 nitrogen and oxygen atoms in total. The van der Waals surface area contributed by atoms with Crippen LogP contribution in [0.15, 0.2) is 18.3 Å². The van der Waals surface area contributed by atoms with Crippen molar-refractivity contribution in [2.75, 3.05) is 18.0 Å². The van der Waals surface area contributed by atoms with E-state index in [1.54, 1.807) is 6.20 Å². The molecule has 0 aromatic carbocycles. The average Bonchev–Trinajstić information content (AvgIpc) is 2.87. The molecule has 1 aromatic heterocycles. The van der Waals surface area contributed by atoms with Gasteiger partial charge in [0.25, 0.3) is 0 Å². The molecule has 0 radical (unpaired) electrons. The number of piperidine rings is 2. The van der Waals surface area contributed by atoms with Crippen molar-refractivity contribution in [3.63, 3.8) is 0 Å². The zero-order valence-electron chi connectivity index (χ0n) is 14.5. The first kappa shape index (κ1) is 17.1. The fourth-order valence-electron chi connectivity index (χ4n) is 4.94. The molecule has 4 rings (SSSR count). The van der Waals surface area contributed by atoms with Crippen LogP contribution in [0.2, 0.25) is 5.02 Å². The molecule has 4 heterocycles. The molecule has 3 atom stereocenters. The van der Waals surface area contributed by atoms with E-state index >= 15 is 0 Å². The van der Waals surface area contributed by atoms with Gasteiger partial charge < -0.3 is 14.9 Å². The summed E-state index contributed by atoms with van der Waals surface area (Å²) in [5.74, 6) is 1.46. The van der Waals surface area contributed by atoms with Crippen LogP contribution in [0.25, 0.3) is 0 Å². The van der Waals surface area contributed by atoms with E-state index in [4.69, 9.17) is 11.6 Å². The van der Waals surface area contributed by atoms with Gasteiger partial charge in [-0.3, -0.25) is 4.79 Å². The molecule has 3 aliphatic rings. The quantitative estimate of drug-likeness (QED) is 0.897. The number of carbonyl (C=O) groups is 1. The van der Waals surface area contributed by atoms with Crippen molar-refractivity contribution in [3.8, 4) is 0 Å². The lowest BCUT2D eigenvalue weighted by Crippen LogP contribution is -2.49. The van der Waals surface area contributed by atoms with E-state index in [0.717, 1.165) is 57.4 Å². The number of hydrogen-bond donors (Lipinski definition) is 1. The molecule has 25 heavy (non-hydrogen) atoms. The minimum Gasteiger partial charge on any atom is -0.393 e. The molecule has 2 bridgehead atoms. The number of hydrogen-bond acceptors (Lipinski definition) is 4. The summed E-state index contributed by atoms with van der Waals surface area (Å²) in [6.07, 6.45) is 7.90. The molecule has 1 amide bonds. The van der Waals surface area contributed by atoms with E-state index in [2.05, 4.69) is 14.8 Å². The van der Waals surface area contributed by atoms with Crippen molar-refractivity contribution in [2.24, 2.45) is 5.92 Å². The lowest BCUT2D eigenvalue weighted by molar-refractivity contribution is -0.138. The van der Waals surface area contributed by atoms with E-state index in [1.165, 1.54) is 0 Å². The molecule has 3 aliphatic heterocycles. The van der Waals surface area contributed by atoms with Crippen molar-refractivity contribution in [2.45, 2.75) is 63.1 Å². The largest absolute Gasteiger partial charge is 0.393 e. The summed E-state index contributed by atoms with van der Waals surface area (Å²) in [4.78, 5) is 21.7.